The quantitative estimate of drug-likeness (QED) is 0.658. The van der Waals surface area contributed by atoms with Crippen molar-refractivity contribution in [1.82, 2.24) is 9.55 Å². The number of hydrogen-bond acceptors (Lipinski definition) is 2. The lowest BCUT2D eigenvalue weighted by Crippen LogP contribution is -1.93. The molecule has 0 spiro atoms. The number of aldehydes is 1. The fourth-order valence-corrected chi connectivity index (χ4v) is 2.17. The Bertz CT molecular complexity index is 777. The van der Waals surface area contributed by atoms with Crippen molar-refractivity contribution < 1.29 is 9.18 Å². The van der Waals surface area contributed by atoms with E-state index < -0.39 is 0 Å². The van der Waals surface area contributed by atoms with E-state index >= 15 is 0 Å². The first-order valence-corrected chi connectivity index (χ1v) is 5.86. The second-order valence-corrected chi connectivity index (χ2v) is 4.37. The monoisotopic (exact) mass is 254 g/mol. The van der Waals surface area contributed by atoms with Gasteiger partial charge in [0.2, 0.25) is 0 Å². The number of carbonyl (C=O) groups is 1. The van der Waals surface area contributed by atoms with E-state index in [1.165, 1.54) is 12.1 Å². The Kier molecular flexibility index (Phi) is 2.63. The minimum atomic E-state index is -0.293. The van der Waals surface area contributed by atoms with Gasteiger partial charge in [-0.2, -0.15) is 0 Å². The highest BCUT2D eigenvalue weighted by Gasteiger charge is 2.10. The van der Waals surface area contributed by atoms with Crippen LogP contribution in [-0.4, -0.2) is 15.8 Å². The molecule has 0 aliphatic carbocycles. The third-order valence-corrected chi connectivity index (χ3v) is 3.12. The fourth-order valence-electron chi connectivity index (χ4n) is 2.17. The highest BCUT2D eigenvalue weighted by molar-refractivity contribution is 5.87. The van der Waals surface area contributed by atoms with Crippen LogP contribution < -0.4 is 0 Å². The number of aromatic nitrogens is 2. The van der Waals surface area contributed by atoms with Crippen molar-refractivity contribution in [2.24, 2.45) is 7.05 Å². The van der Waals surface area contributed by atoms with Crippen LogP contribution in [0.1, 0.15) is 10.4 Å². The summed E-state index contributed by atoms with van der Waals surface area (Å²) in [5.41, 5.74) is 2.95. The first kappa shape index (κ1) is 11.6. The van der Waals surface area contributed by atoms with Gasteiger partial charge in [-0.25, -0.2) is 9.37 Å². The Hall–Kier alpha value is -2.49. The normalized spacial score (nSPS) is 10.8. The summed E-state index contributed by atoms with van der Waals surface area (Å²) in [4.78, 5) is 15.3. The molecule has 0 saturated heterocycles. The molecule has 19 heavy (non-hydrogen) atoms. The smallest absolute Gasteiger partial charge is 0.150 e. The van der Waals surface area contributed by atoms with Crippen LogP contribution in [0.25, 0.3) is 22.4 Å². The van der Waals surface area contributed by atoms with Gasteiger partial charge in [-0.1, -0.05) is 12.1 Å². The predicted molar refractivity (Wildman–Crippen MR) is 71.5 cm³/mol. The van der Waals surface area contributed by atoms with E-state index in [2.05, 4.69) is 4.98 Å². The molecular weight excluding hydrogens is 243 g/mol. The van der Waals surface area contributed by atoms with E-state index in [4.69, 9.17) is 0 Å². The van der Waals surface area contributed by atoms with Gasteiger partial charge in [-0.3, -0.25) is 4.79 Å². The summed E-state index contributed by atoms with van der Waals surface area (Å²) in [7, 11) is 1.85. The summed E-state index contributed by atoms with van der Waals surface area (Å²) >= 11 is 0. The molecule has 0 fully saturated rings. The Labute approximate surface area is 109 Å². The van der Waals surface area contributed by atoms with Gasteiger partial charge in [0.15, 0.2) is 0 Å². The van der Waals surface area contributed by atoms with E-state index in [1.807, 2.05) is 17.7 Å². The minimum absolute atomic E-state index is 0.293. The number of carbonyl (C=O) groups excluding carboxylic acids is 1. The summed E-state index contributed by atoms with van der Waals surface area (Å²) in [5, 5.41) is 0. The van der Waals surface area contributed by atoms with Crippen LogP contribution in [0.2, 0.25) is 0 Å². The number of hydrogen-bond donors (Lipinski definition) is 0. The van der Waals surface area contributed by atoms with Crippen LogP contribution in [0.15, 0.2) is 42.5 Å². The number of imidazole rings is 1. The summed E-state index contributed by atoms with van der Waals surface area (Å²) in [6, 6.07) is 11.6. The zero-order valence-electron chi connectivity index (χ0n) is 10.3. The molecule has 4 heteroatoms. The molecule has 0 aliphatic rings. The number of nitrogens with zero attached hydrogens (tertiary/aromatic N) is 2. The van der Waals surface area contributed by atoms with Crippen molar-refractivity contribution in [3.8, 4) is 11.4 Å². The molecule has 3 nitrogen and oxygen atoms in total. The molecule has 1 heterocycles. The second kappa shape index (κ2) is 4.31. The first-order chi connectivity index (χ1) is 9.19. The van der Waals surface area contributed by atoms with Gasteiger partial charge in [0.1, 0.15) is 17.9 Å². The number of fused-ring (bicyclic) bond motifs is 1. The first-order valence-electron chi connectivity index (χ1n) is 5.86. The Balaban J connectivity index is 2.25. The maximum Gasteiger partial charge on any atom is 0.150 e. The molecule has 2 aromatic carbocycles. The van der Waals surface area contributed by atoms with Gasteiger partial charge in [-0.15, -0.1) is 0 Å². The van der Waals surface area contributed by atoms with Gasteiger partial charge >= 0.3 is 0 Å². The number of halogens is 1. The van der Waals surface area contributed by atoms with Crippen molar-refractivity contribution in [3.63, 3.8) is 0 Å². The zero-order valence-corrected chi connectivity index (χ0v) is 10.3. The summed E-state index contributed by atoms with van der Waals surface area (Å²) < 4.78 is 15.1. The highest BCUT2D eigenvalue weighted by atomic mass is 19.1. The SMILES string of the molecule is Cn1c(-c2cccc(F)c2)nc2ccc(C=O)cc21. The molecule has 0 radical (unpaired) electrons. The lowest BCUT2D eigenvalue weighted by Gasteiger charge is -2.02. The Morgan fingerprint density at radius 1 is 1.21 bits per heavy atom. The van der Waals surface area contributed by atoms with Crippen molar-refractivity contribution in [2.45, 2.75) is 0 Å². The standard InChI is InChI=1S/C15H11FN2O/c1-18-14-7-10(9-19)5-6-13(14)17-15(18)11-3-2-4-12(16)8-11/h2-9H,1H3. The van der Waals surface area contributed by atoms with Gasteiger partial charge in [0.25, 0.3) is 0 Å². The zero-order chi connectivity index (χ0) is 13.4. The van der Waals surface area contributed by atoms with Crippen LogP contribution in [0, 0.1) is 5.82 Å². The van der Waals surface area contributed by atoms with E-state index in [0.717, 1.165) is 17.3 Å². The highest BCUT2D eigenvalue weighted by Crippen LogP contribution is 2.24. The third kappa shape index (κ3) is 1.91. The van der Waals surface area contributed by atoms with E-state index in [1.54, 1.807) is 24.3 Å². The lowest BCUT2D eigenvalue weighted by atomic mass is 10.2. The minimum Gasteiger partial charge on any atom is -0.327 e. The van der Waals surface area contributed by atoms with Gasteiger partial charge in [-0.05, 0) is 30.3 Å². The largest absolute Gasteiger partial charge is 0.327 e. The third-order valence-electron chi connectivity index (χ3n) is 3.12. The molecule has 0 atom stereocenters. The van der Waals surface area contributed by atoms with Gasteiger partial charge in [0, 0.05) is 18.2 Å². The molecule has 3 rings (SSSR count). The summed E-state index contributed by atoms with van der Waals surface area (Å²) in [5.74, 6) is 0.385. The second-order valence-electron chi connectivity index (χ2n) is 4.37. The molecule has 0 N–H and O–H groups in total. The maximum atomic E-state index is 13.3. The summed E-state index contributed by atoms with van der Waals surface area (Å²) in [6.07, 6.45) is 0.800. The Morgan fingerprint density at radius 3 is 2.79 bits per heavy atom. The predicted octanol–water partition coefficient (Wildman–Crippen LogP) is 3.19. The molecule has 0 aliphatic heterocycles. The van der Waals surface area contributed by atoms with Crippen molar-refractivity contribution in [1.29, 1.82) is 0 Å². The average molecular weight is 254 g/mol. The molecule has 1 aromatic heterocycles. The van der Waals surface area contributed by atoms with Crippen LogP contribution in [-0.2, 0) is 7.05 Å². The van der Waals surface area contributed by atoms with E-state index in [-0.39, 0.29) is 5.82 Å². The Morgan fingerprint density at radius 2 is 2.05 bits per heavy atom. The number of aryl methyl sites for hydroxylation is 1. The molecule has 0 unspecified atom stereocenters. The van der Waals surface area contributed by atoms with Crippen LogP contribution in [0.3, 0.4) is 0 Å². The van der Waals surface area contributed by atoms with Crippen molar-refractivity contribution in [2.75, 3.05) is 0 Å². The summed E-state index contributed by atoms with van der Waals surface area (Å²) in [6.45, 7) is 0. The average Bonchev–Trinajstić information content (AvgIpc) is 2.76. The van der Waals surface area contributed by atoms with Crippen molar-refractivity contribution >= 4 is 17.3 Å². The molecule has 94 valence electrons. The van der Waals surface area contributed by atoms with E-state index in [9.17, 15) is 9.18 Å². The van der Waals surface area contributed by atoms with Crippen molar-refractivity contribution in [3.05, 3.63) is 53.8 Å². The fraction of sp³-hybridized carbons (Fsp3) is 0.0667. The molecule has 0 amide bonds. The van der Waals surface area contributed by atoms with Crippen LogP contribution >= 0.6 is 0 Å². The number of benzene rings is 2. The topological polar surface area (TPSA) is 34.9 Å². The van der Waals surface area contributed by atoms with Crippen LogP contribution in [0.5, 0.6) is 0 Å². The van der Waals surface area contributed by atoms with E-state index in [0.29, 0.717) is 17.0 Å². The number of rotatable bonds is 2. The van der Waals surface area contributed by atoms with Gasteiger partial charge in [0.05, 0.1) is 11.0 Å². The molecule has 0 bridgehead atoms. The molecule has 3 aromatic rings. The molecular formula is C15H11FN2O. The molecule has 0 saturated carbocycles. The van der Waals surface area contributed by atoms with Gasteiger partial charge < -0.3 is 4.57 Å². The maximum absolute atomic E-state index is 13.3. The van der Waals surface area contributed by atoms with Crippen LogP contribution in [0.4, 0.5) is 4.39 Å². The lowest BCUT2D eigenvalue weighted by molar-refractivity contribution is 0.112.